The first-order valence-corrected chi connectivity index (χ1v) is 7.43. The number of para-hydroxylation sites is 1. The third kappa shape index (κ3) is 4.36. The number of hydrogen-bond donors (Lipinski definition) is 2. The molecule has 0 fully saturated rings. The highest BCUT2D eigenvalue weighted by Crippen LogP contribution is 2.20. The van der Waals surface area contributed by atoms with Crippen molar-refractivity contribution in [3.63, 3.8) is 0 Å². The minimum Gasteiger partial charge on any atom is -0.324 e. The fourth-order valence-corrected chi connectivity index (χ4v) is 2.40. The highest BCUT2D eigenvalue weighted by Gasteiger charge is 2.13. The van der Waals surface area contributed by atoms with E-state index in [4.69, 9.17) is 0 Å². The van der Waals surface area contributed by atoms with Crippen LogP contribution in [0.1, 0.15) is 29.7 Å². The van der Waals surface area contributed by atoms with Gasteiger partial charge in [-0.05, 0) is 38.0 Å². The summed E-state index contributed by atoms with van der Waals surface area (Å²) < 4.78 is 26.6. The lowest BCUT2D eigenvalue weighted by molar-refractivity contribution is -0.115. The molecule has 0 radical (unpaired) electrons. The van der Waals surface area contributed by atoms with Crippen molar-refractivity contribution in [2.75, 3.05) is 11.9 Å². The lowest BCUT2D eigenvalue weighted by atomic mass is 10.1. The van der Waals surface area contributed by atoms with Crippen molar-refractivity contribution >= 4 is 11.6 Å². The summed E-state index contributed by atoms with van der Waals surface area (Å²) in [6.45, 7) is 5.60. The monoisotopic (exact) mass is 318 g/mol. The summed E-state index contributed by atoms with van der Waals surface area (Å²) in [5.74, 6) is -1.46. The Morgan fingerprint density at radius 1 is 1.13 bits per heavy atom. The van der Waals surface area contributed by atoms with E-state index in [2.05, 4.69) is 10.6 Å². The van der Waals surface area contributed by atoms with Crippen molar-refractivity contribution in [1.29, 1.82) is 0 Å². The van der Waals surface area contributed by atoms with E-state index < -0.39 is 17.7 Å². The van der Waals surface area contributed by atoms with Gasteiger partial charge in [-0.15, -0.1) is 0 Å². The molecule has 0 aliphatic rings. The average molecular weight is 318 g/mol. The van der Waals surface area contributed by atoms with E-state index >= 15 is 0 Å². The number of rotatable bonds is 5. The van der Waals surface area contributed by atoms with E-state index in [1.807, 2.05) is 32.0 Å². The Labute approximate surface area is 134 Å². The maximum absolute atomic E-state index is 13.7. The summed E-state index contributed by atoms with van der Waals surface area (Å²) in [5.41, 5.74) is 3.08. The molecule has 0 spiro atoms. The molecule has 0 aromatic heterocycles. The molecule has 1 amide bonds. The van der Waals surface area contributed by atoms with Gasteiger partial charge in [-0.2, -0.15) is 0 Å². The second-order valence-corrected chi connectivity index (χ2v) is 5.58. The zero-order valence-corrected chi connectivity index (χ0v) is 13.4. The second kappa shape index (κ2) is 7.33. The van der Waals surface area contributed by atoms with Gasteiger partial charge in [-0.3, -0.25) is 4.79 Å². The Hall–Kier alpha value is -2.27. The van der Waals surface area contributed by atoms with Gasteiger partial charge >= 0.3 is 0 Å². The summed E-state index contributed by atoms with van der Waals surface area (Å²) in [7, 11) is 0. The molecule has 1 atom stereocenters. The number of halogens is 2. The van der Waals surface area contributed by atoms with Gasteiger partial charge in [-0.25, -0.2) is 8.78 Å². The van der Waals surface area contributed by atoms with Crippen molar-refractivity contribution in [3.05, 3.63) is 64.7 Å². The van der Waals surface area contributed by atoms with Gasteiger partial charge < -0.3 is 10.6 Å². The smallest absolute Gasteiger partial charge is 0.238 e. The Kier molecular flexibility index (Phi) is 5.45. The molecule has 5 heteroatoms. The summed E-state index contributed by atoms with van der Waals surface area (Å²) >= 11 is 0. The van der Waals surface area contributed by atoms with Crippen LogP contribution in [0.4, 0.5) is 14.5 Å². The number of hydrogen-bond acceptors (Lipinski definition) is 2. The van der Waals surface area contributed by atoms with E-state index in [0.29, 0.717) is 5.56 Å². The van der Waals surface area contributed by atoms with Crippen molar-refractivity contribution < 1.29 is 13.6 Å². The zero-order chi connectivity index (χ0) is 17.0. The van der Waals surface area contributed by atoms with Crippen molar-refractivity contribution in [3.8, 4) is 0 Å². The molecule has 0 heterocycles. The highest BCUT2D eigenvalue weighted by atomic mass is 19.1. The Bertz CT molecular complexity index is 696. The van der Waals surface area contributed by atoms with E-state index in [0.717, 1.165) is 22.9 Å². The predicted octanol–water partition coefficient (Wildman–Crippen LogP) is 3.87. The fourth-order valence-electron chi connectivity index (χ4n) is 2.40. The summed E-state index contributed by atoms with van der Waals surface area (Å²) in [6.07, 6.45) is 0. The number of benzene rings is 2. The molecule has 0 saturated carbocycles. The van der Waals surface area contributed by atoms with Crippen molar-refractivity contribution in [2.45, 2.75) is 26.8 Å². The summed E-state index contributed by atoms with van der Waals surface area (Å²) in [6, 6.07) is 8.79. The quantitative estimate of drug-likeness (QED) is 0.878. The molecule has 2 aromatic carbocycles. The van der Waals surface area contributed by atoms with Gasteiger partial charge in [0.25, 0.3) is 0 Å². The third-order valence-electron chi connectivity index (χ3n) is 3.74. The first-order chi connectivity index (χ1) is 10.9. The number of aryl methyl sites for hydroxylation is 2. The lowest BCUT2D eigenvalue weighted by Crippen LogP contribution is -2.30. The predicted molar refractivity (Wildman–Crippen MR) is 87.3 cm³/mol. The topological polar surface area (TPSA) is 41.1 Å². The van der Waals surface area contributed by atoms with Crippen LogP contribution in [0.5, 0.6) is 0 Å². The average Bonchev–Trinajstić information content (AvgIpc) is 2.49. The van der Waals surface area contributed by atoms with Crippen LogP contribution in [-0.2, 0) is 4.79 Å². The first kappa shape index (κ1) is 17.1. The maximum Gasteiger partial charge on any atom is 0.238 e. The fraction of sp³-hybridized carbons (Fsp3) is 0.278. The van der Waals surface area contributed by atoms with Gasteiger partial charge in [0.1, 0.15) is 11.6 Å². The summed E-state index contributed by atoms with van der Waals surface area (Å²) in [5, 5.41) is 5.80. The second-order valence-electron chi connectivity index (χ2n) is 5.58. The first-order valence-electron chi connectivity index (χ1n) is 7.43. The minimum atomic E-state index is -0.625. The Balaban J connectivity index is 1.96. The largest absolute Gasteiger partial charge is 0.324 e. The van der Waals surface area contributed by atoms with Gasteiger partial charge in [-0.1, -0.05) is 24.3 Å². The molecule has 122 valence electrons. The number of nitrogens with one attached hydrogen (secondary N) is 2. The summed E-state index contributed by atoms with van der Waals surface area (Å²) in [4.78, 5) is 12.1. The van der Waals surface area contributed by atoms with Crippen molar-refractivity contribution in [2.24, 2.45) is 0 Å². The van der Waals surface area contributed by atoms with E-state index in [1.165, 1.54) is 12.1 Å². The van der Waals surface area contributed by atoms with Gasteiger partial charge in [0.2, 0.25) is 5.91 Å². The SMILES string of the molecule is Cc1cccc(C)c1NC(=O)CN[C@@H](C)c1ccc(F)cc1F. The zero-order valence-electron chi connectivity index (χ0n) is 13.4. The molecule has 3 nitrogen and oxygen atoms in total. The molecule has 0 aliphatic heterocycles. The number of amides is 1. The van der Waals surface area contributed by atoms with Crippen molar-refractivity contribution in [1.82, 2.24) is 5.32 Å². The third-order valence-corrected chi connectivity index (χ3v) is 3.74. The molecular formula is C18H20F2N2O. The molecule has 0 aliphatic carbocycles. The molecule has 0 unspecified atom stereocenters. The standard InChI is InChI=1S/C18H20F2N2O/c1-11-5-4-6-12(2)18(11)22-17(23)10-21-13(3)15-8-7-14(19)9-16(15)20/h4-9,13,21H,10H2,1-3H3,(H,22,23)/t13-/m0/s1. The number of carbonyl (C=O) groups excluding carboxylic acids is 1. The van der Waals surface area contributed by atoms with Crippen LogP contribution in [0.2, 0.25) is 0 Å². The highest BCUT2D eigenvalue weighted by molar-refractivity contribution is 5.93. The minimum absolute atomic E-state index is 0.0335. The van der Waals surface area contributed by atoms with E-state index in [-0.39, 0.29) is 12.5 Å². The lowest BCUT2D eigenvalue weighted by Gasteiger charge is -2.16. The molecule has 0 saturated heterocycles. The van der Waals surface area contributed by atoms with Crippen LogP contribution < -0.4 is 10.6 Å². The van der Waals surface area contributed by atoms with E-state index in [1.54, 1.807) is 6.92 Å². The molecule has 2 aromatic rings. The molecule has 2 N–H and O–H groups in total. The maximum atomic E-state index is 13.7. The van der Waals surface area contributed by atoms with Gasteiger partial charge in [0.05, 0.1) is 6.54 Å². The van der Waals surface area contributed by atoms with Crippen LogP contribution in [-0.4, -0.2) is 12.5 Å². The Morgan fingerprint density at radius 2 is 1.78 bits per heavy atom. The van der Waals surface area contributed by atoms with Gasteiger partial charge in [0.15, 0.2) is 0 Å². The number of anilines is 1. The van der Waals surface area contributed by atoms with Crippen LogP contribution in [0.3, 0.4) is 0 Å². The molecule has 23 heavy (non-hydrogen) atoms. The molecule has 2 rings (SSSR count). The van der Waals surface area contributed by atoms with Gasteiger partial charge in [0, 0.05) is 23.4 Å². The van der Waals surface area contributed by atoms with Crippen LogP contribution in [0.15, 0.2) is 36.4 Å². The van der Waals surface area contributed by atoms with Crippen LogP contribution >= 0.6 is 0 Å². The number of carbonyl (C=O) groups is 1. The van der Waals surface area contributed by atoms with Crippen LogP contribution in [0.25, 0.3) is 0 Å². The normalized spacial score (nSPS) is 12.0. The molecule has 0 bridgehead atoms. The van der Waals surface area contributed by atoms with Crippen LogP contribution in [0, 0.1) is 25.5 Å². The van der Waals surface area contributed by atoms with E-state index in [9.17, 15) is 13.6 Å². The Morgan fingerprint density at radius 3 is 2.39 bits per heavy atom. The molecular weight excluding hydrogens is 298 g/mol.